The molecule has 4 aliphatic carbocycles. The molecule has 2 aliphatic heterocycles. The zero-order valence-corrected chi connectivity index (χ0v) is 48.8. The molecule has 2 spiro atoms. The van der Waals surface area contributed by atoms with Crippen LogP contribution in [-0.2, 0) is 35.6 Å². The van der Waals surface area contributed by atoms with Crippen LogP contribution in [0.4, 0.5) is 27.2 Å². The topological polar surface area (TPSA) is 160 Å². The minimum Gasteiger partial charge on any atom is -0.548 e. The molecule has 2 saturated carbocycles. The van der Waals surface area contributed by atoms with Crippen molar-refractivity contribution in [2.75, 3.05) is 25.6 Å². The van der Waals surface area contributed by atoms with Crippen molar-refractivity contribution in [2.24, 2.45) is 10.8 Å². The van der Waals surface area contributed by atoms with Gasteiger partial charge in [0, 0.05) is 55.4 Å². The van der Waals surface area contributed by atoms with Gasteiger partial charge in [-0.15, -0.1) is 11.6 Å². The van der Waals surface area contributed by atoms with Gasteiger partial charge in [0.05, 0.1) is 17.9 Å². The molecular weight excluding hydrogens is 1150 g/mol. The van der Waals surface area contributed by atoms with Gasteiger partial charge in [-0.25, -0.2) is 14.4 Å². The first-order chi connectivity index (χ1) is 34.0. The third-order valence-corrected chi connectivity index (χ3v) is 15.0. The number of aliphatic carboxylic acids is 1. The predicted molar refractivity (Wildman–Crippen MR) is 267 cm³/mol. The number of fused-ring (bicyclic) bond motifs is 6. The molecular formula is C54H52Br2ClF4KN2O10. The summed E-state index contributed by atoms with van der Waals surface area (Å²) in [5, 5.41) is 11.0. The second-order valence-electron chi connectivity index (χ2n) is 21.6. The van der Waals surface area contributed by atoms with E-state index in [0.29, 0.717) is 57.1 Å². The van der Waals surface area contributed by atoms with Crippen LogP contribution in [0.3, 0.4) is 0 Å². The summed E-state index contributed by atoms with van der Waals surface area (Å²) in [6, 6.07) is 16.3. The number of carboxylic acid groups (broad SMARTS) is 1. The van der Waals surface area contributed by atoms with Crippen LogP contribution in [0.15, 0.2) is 81.7 Å². The van der Waals surface area contributed by atoms with Gasteiger partial charge >= 0.3 is 69.5 Å². The number of hydrogen-bond donors (Lipinski definition) is 0. The van der Waals surface area contributed by atoms with Crippen LogP contribution in [0.1, 0.15) is 123 Å². The molecule has 2 amide bonds. The zero-order chi connectivity index (χ0) is 53.4. The van der Waals surface area contributed by atoms with E-state index in [1.807, 2.05) is 0 Å². The van der Waals surface area contributed by atoms with E-state index < -0.39 is 71.6 Å². The summed E-state index contributed by atoms with van der Waals surface area (Å²) in [7, 11) is 0. The molecule has 4 aromatic rings. The number of rotatable bonds is 7. The predicted octanol–water partition coefficient (Wildman–Crippen LogP) is 8.61. The van der Waals surface area contributed by atoms with E-state index in [0.717, 1.165) is 25.7 Å². The first kappa shape index (κ1) is 58.0. The van der Waals surface area contributed by atoms with Gasteiger partial charge in [-0.3, -0.25) is 19.4 Å². The van der Waals surface area contributed by atoms with Gasteiger partial charge in [-0.1, -0.05) is 68.3 Å². The van der Waals surface area contributed by atoms with Crippen molar-refractivity contribution in [3.05, 3.63) is 115 Å². The molecule has 10 rings (SSSR count). The Morgan fingerprint density at radius 2 is 0.973 bits per heavy atom. The number of ether oxygens (including phenoxy) is 3. The SMILES string of the molecule is CC(C)(C)OC(=O)N1CC2(CC2)CC1C(=O)OCC(=O)c1ccc2c(c1)C(F)(F)c1cc(Br)ccc1-2.CC(C)(C)OC(=O)N1CC2(CC2)C[C@H]1C(=O)[O-].O=C(CCl)c1ccc2c(c1)C(F)(F)c1cc(Br)ccc1-2.[K+]. The molecule has 2 heterocycles. The second kappa shape index (κ2) is 21.3. The fourth-order valence-electron chi connectivity index (χ4n) is 9.77. The Bertz CT molecular complexity index is 2950. The van der Waals surface area contributed by atoms with Crippen molar-refractivity contribution in [1.29, 1.82) is 0 Å². The molecule has 0 bridgehead atoms. The Morgan fingerprint density at radius 1 is 0.608 bits per heavy atom. The Balaban J connectivity index is 0.000000178. The van der Waals surface area contributed by atoms with E-state index in [2.05, 4.69) is 31.9 Å². The summed E-state index contributed by atoms with van der Waals surface area (Å²) in [5.41, 5.74) is 0.0376. The molecule has 0 radical (unpaired) electrons. The van der Waals surface area contributed by atoms with Gasteiger partial charge in [0.15, 0.2) is 18.2 Å². The Kier molecular flexibility index (Phi) is 16.7. The number of esters is 1. The fourth-order valence-corrected chi connectivity index (χ4v) is 10.6. The molecule has 12 nitrogen and oxygen atoms in total. The Morgan fingerprint density at radius 3 is 1.35 bits per heavy atom. The number of likely N-dealkylation sites (tertiary alicyclic amines) is 2. The fraction of sp³-hybridized carbons (Fsp3) is 0.444. The smallest absolute Gasteiger partial charge is 0.548 e. The van der Waals surface area contributed by atoms with Gasteiger partial charge in [0.25, 0.3) is 11.8 Å². The number of Topliss-reactive ketones (excluding diaryl/α,β-unsaturated/α-hetero) is 2. The van der Waals surface area contributed by atoms with Gasteiger partial charge in [-0.05, 0) is 150 Å². The summed E-state index contributed by atoms with van der Waals surface area (Å²) < 4.78 is 76.3. The molecule has 0 N–H and O–H groups in total. The van der Waals surface area contributed by atoms with Crippen LogP contribution in [-0.4, -0.2) is 94.4 Å². The first-order valence-corrected chi connectivity index (χ1v) is 25.7. The summed E-state index contributed by atoms with van der Waals surface area (Å²) in [4.78, 5) is 75.6. The maximum Gasteiger partial charge on any atom is 1.00 e. The molecule has 2 atom stereocenters. The summed E-state index contributed by atoms with van der Waals surface area (Å²) in [6.45, 7) is 10.8. The van der Waals surface area contributed by atoms with E-state index in [9.17, 15) is 42.7 Å². The number of alkyl halides is 5. The maximum atomic E-state index is 15.1. The number of nitrogens with zero attached hydrogens (tertiary/aromatic N) is 2. The van der Waals surface area contributed by atoms with Crippen LogP contribution in [0.2, 0.25) is 0 Å². The minimum atomic E-state index is -3.25. The van der Waals surface area contributed by atoms with E-state index in [1.54, 1.807) is 71.9 Å². The molecule has 20 heteroatoms. The summed E-state index contributed by atoms with van der Waals surface area (Å²) in [6.07, 6.45) is 3.65. The summed E-state index contributed by atoms with van der Waals surface area (Å²) >= 11 is 11.9. The van der Waals surface area contributed by atoms with E-state index in [-0.39, 0.29) is 107 Å². The van der Waals surface area contributed by atoms with Crippen molar-refractivity contribution < 1.29 is 117 Å². The molecule has 2 saturated heterocycles. The average Bonchev–Trinajstić information content (AvgIpc) is 4.12. The van der Waals surface area contributed by atoms with Crippen LogP contribution >= 0.6 is 43.5 Å². The monoisotopic (exact) mass is 1200 g/mol. The van der Waals surface area contributed by atoms with Crippen molar-refractivity contribution in [3.8, 4) is 22.3 Å². The first-order valence-electron chi connectivity index (χ1n) is 23.6. The maximum absolute atomic E-state index is 15.1. The van der Waals surface area contributed by atoms with Crippen LogP contribution in [0, 0.1) is 10.8 Å². The number of amides is 2. The number of carbonyl (C=O) groups is 6. The average molecular weight is 1200 g/mol. The number of ketones is 2. The Labute approximate surface area is 490 Å². The van der Waals surface area contributed by atoms with Crippen LogP contribution < -0.4 is 56.5 Å². The van der Waals surface area contributed by atoms with Crippen LogP contribution in [0.5, 0.6) is 0 Å². The van der Waals surface area contributed by atoms with E-state index in [4.69, 9.17) is 25.8 Å². The van der Waals surface area contributed by atoms with Gasteiger partial charge in [-0.2, -0.15) is 17.6 Å². The zero-order valence-electron chi connectivity index (χ0n) is 41.8. The molecule has 4 fully saturated rings. The third-order valence-electron chi connectivity index (χ3n) is 13.8. The van der Waals surface area contributed by atoms with Crippen LogP contribution in [0.25, 0.3) is 22.3 Å². The van der Waals surface area contributed by atoms with Crippen molar-refractivity contribution in [2.45, 2.75) is 115 Å². The number of carbonyl (C=O) groups excluding carboxylic acids is 6. The molecule has 1 unspecified atom stereocenters. The largest absolute Gasteiger partial charge is 1.00 e. The normalized spacial score (nSPS) is 20.0. The quantitative estimate of drug-likeness (QED) is 0.0438. The minimum absolute atomic E-state index is 0. The number of hydrogen-bond acceptors (Lipinski definition) is 10. The van der Waals surface area contributed by atoms with Crippen molar-refractivity contribution >= 4 is 79.2 Å². The van der Waals surface area contributed by atoms with Crippen molar-refractivity contribution in [1.82, 2.24) is 9.80 Å². The Hall–Kier alpha value is -3.69. The standard InChI is InChI=1S/C27H26BrF2NO5.C15H8BrClF2O.C12H19NO4.K/c1-25(2,3)36-24(34)31-14-26(8-9-26)12-21(31)23(33)35-13-22(32)15-4-6-17-18-7-5-16(28)11-20(18)27(29,30)19(17)10-15;16-9-2-4-11-10-3-1-8(14(20)7-17)5-12(10)15(18,19)13(11)6-9;1-11(2,3)17-10(16)13-7-12(4-5-12)6-8(13)9(14)15;/h4-7,10-11,21H,8-9,12-14H2,1-3H3;1-6H,7H2;8H,4-7H2,1-3H3,(H,14,15);/q;;;+1/p-1/t;;8-;/m..0./s1. The van der Waals surface area contributed by atoms with Gasteiger partial charge in [0.1, 0.15) is 17.2 Å². The number of benzene rings is 4. The third kappa shape index (κ3) is 12.2. The van der Waals surface area contributed by atoms with Gasteiger partial charge < -0.3 is 24.1 Å². The van der Waals surface area contributed by atoms with Crippen molar-refractivity contribution in [3.63, 3.8) is 0 Å². The summed E-state index contributed by atoms with van der Waals surface area (Å²) in [5.74, 6) is -9.40. The molecule has 74 heavy (non-hydrogen) atoms. The molecule has 6 aliphatic rings. The molecule has 0 aromatic heterocycles. The number of carboxylic acids is 1. The second-order valence-corrected chi connectivity index (χ2v) is 23.7. The van der Waals surface area contributed by atoms with E-state index in [1.165, 1.54) is 52.3 Å². The molecule has 4 aromatic carbocycles. The van der Waals surface area contributed by atoms with E-state index >= 15 is 8.78 Å². The number of halogens is 7. The molecule has 388 valence electrons. The van der Waals surface area contributed by atoms with Gasteiger partial charge in [0.2, 0.25) is 0 Å².